The lowest BCUT2D eigenvalue weighted by molar-refractivity contribution is -0.160. The fraction of sp³-hybridized carbons (Fsp3) is 0.579. The molecule has 0 saturated carbocycles. The zero-order valence-corrected chi connectivity index (χ0v) is 17.2. The fourth-order valence-electron chi connectivity index (χ4n) is 3.55. The van der Waals surface area contributed by atoms with Crippen molar-refractivity contribution < 1.29 is 19.1 Å². The number of hydrogen-bond acceptors (Lipinski definition) is 7. The van der Waals surface area contributed by atoms with Crippen molar-refractivity contribution in [1.29, 1.82) is 0 Å². The summed E-state index contributed by atoms with van der Waals surface area (Å²) < 4.78 is 6.99. The van der Waals surface area contributed by atoms with Crippen molar-refractivity contribution in [3.05, 3.63) is 23.3 Å². The van der Waals surface area contributed by atoms with Crippen molar-refractivity contribution in [2.24, 2.45) is 0 Å². The van der Waals surface area contributed by atoms with Gasteiger partial charge in [-0.15, -0.1) is 0 Å². The molecule has 1 fully saturated rings. The van der Waals surface area contributed by atoms with Gasteiger partial charge in [0.1, 0.15) is 6.33 Å². The molecule has 0 N–H and O–H groups in total. The first kappa shape index (κ1) is 20.7. The number of nitrogens with zero attached hydrogens (tertiary/aromatic N) is 6. The summed E-state index contributed by atoms with van der Waals surface area (Å²) in [5.74, 6) is -0.151. The van der Waals surface area contributed by atoms with E-state index in [9.17, 15) is 14.4 Å². The Morgan fingerprint density at radius 3 is 2.45 bits per heavy atom. The summed E-state index contributed by atoms with van der Waals surface area (Å²) in [4.78, 5) is 48.0. The van der Waals surface area contributed by atoms with Crippen molar-refractivity contribution in [1.82, 2.24) is 29.4 Å². The highest BCUT2D eigenvalue weighted by Crippen LogP contribution is 2.16. The predicted molar refractivity (Wildman–Crippen MR) is 103 cm³/mol. The molecule has 0 spiro atoms. The normalized spacial score (nSPS) is 15.4. The molecule has 1 unspecified atom stereocenters. The molecule has 0 radical (unpaired) electrons. The molecule has 2 aromatic rings. The molecule has 0 bridgehead atoms. The average Bonchev–Trinajstić information content (AvgIpc) is 3.15. The van der Waals surface area contributed by atoms with E-state index < -0.39 is 12.1 Å². The molecule has 0 aromatic carbocycles. The second kappa shape index (κ2) is 8.54. The SMILES string of the molecule is CC(=O)N1CCN(C(=O)C(C)OC(=O)CCc2c(C)nc3ncnn3c2C)CC1. The molecule has 10 nitrogen and oxygen atoms in total. The summed E-state index contributed by atoms with van der Waals surface area (Å²) in [6, 6.07) is 0. The third-order valence-electron chi connectivity index (χ3n) is 5.26. The summed E-state index contributed by atoms with van der Waals surface area (Å²) in [5.41, 5.74) is 2.59. The lowest BCUT2D eigenvalue weighted by Crippen LogP contribution is -2.52. The van der Waals surface area contributed by atoms with Crippen LogP contribution in [0.4, 0.5) is 0 Å². The Kier molecular flexibility index (Phi) is 6.09. The third-order valence-corrected chi connectivity index (χ3v) is 5.26. The topological polar surface area (TPSA) is 110 Å². The maximum absolute atomic E-state index is 12.5. The molecule has 2 amide bonds. The van der Waals surface area contributed by atoms with Crippen LogP contribution in [-0.4, -0.2) is 79.4 Å². The smallest absolute Gasteiger partial charge is 0.306 e. The van der Waals surface area contributed by atoms with Crippen molar-refractivity contribution in [3.8, 4) is 0 Å². The number of fused-ring (bicyclic) bond motifs is 1. The van der Waals surface area contributed by atoms with Crippen molar-refractivity contribution in [2.45, 2.75) is 46.6 Å². The summed E-state index contributed by atoms with van der Waals surface area (Å²) in [5, 5.41) is 4.14. The zero-order valence-electron chi connectivity index (χ0n) is 17.2. The maximum Gasteiger partial charge on any atom is 0.306 e. The molecule has 29 heavy (non-hydrogen) atoms. The van der Waals surface area contributed by atoms with Gasteiger partial charge in [0, 0.05) is 50.9 Å². The number of hydrogen-bond donors (Lipinski definition) is 0. The molecule has 1 atom stereocenters. The van der Waals surface area contributed by atoms with Gasteiger partial charge < -0.3 is 14.5 Å². The van der Waals surface area contributed by atoms with E-state index in [0.717, 1.165) is 17.0 Å². The minimum Gasteiger partial charge on any atom is -0.453 e. The van der Waals surface area contributed by atoms with Crippen LogP contribution < -0.4 is 0 Å². The number of carbonyl (C=O) groups is 3. The van der Waals surface area contributed by atoms with Crippen LogP contribution in [0.15, 0.2) is 6.33 Å². The first-order chi connectivity index (χ1) is 13.8. The molecule has 3 rings (SSSR count). The summed E-state index contributed by atoms with van der Waals surface area (Å²) in [6.07, 6.45) is 1.16. The number of esters is 1. The van der Waals surface area contributed by atoms with Crippen molar-refractivity contribution in [3.63, 3.8) is 0 Å². The lowest BCUT2D eigenvalue weighted by Gasteiger charge is -2.35. The van der Waals surface area contributed by atoms with Gasteiger partial charge in [0.2, 0.25) is 5.91 Å². The number of aromatic nitrogens is 4. The fourth-order valence-corrected chi connectivity index (χ4v) is 3.55. The van der Waals surface area contributed by atoms with Crippen LogP contribution in [-0.2, 0) is 25.5 Å². The second-order valence-electron chi connectivity index (χ2n) is 7.20. The molecule has 0 aliphatic carbocycles. The van der Waals surface area contributed by atoms with Crippen LogP contribution >= 0.6 is 0 Å². The van der Waals surface area contributed by atoms with Gasteiger partial charge >= 0.3 is 5.97 Å². The van der Waals surface area contributed by atoms with Crippen LogP contribution in [0.5, 0.6) is 0 Å². The van der Waals surface area contributed by atoms with Crippen LogP contribution in [0.2, 0.25) is 0 Å². The Morgan fingerprint density at radius 2 is 1.79 bits per heavy atom. The maximum atomic E-state index is 12.5. The minimum absolute atomic E-state index is 0.000678. The predicted octanol–water partition coefficient (Wildman–Crippen LogP) is 0.296. The first-order valence-electron chi connectivity index (χ1n) is 9.67. The minimum atomic E-state index is -0.857. The zero-order chi connectivity index (χ0) is 21.1. The Balaban J connectivity index is 1.53. The third kappa shape index (κ3) is 4.52. The monoisotopic (exact) mass is 402 g/mol. The molecule has 3 heterocycles. The molecular weight excluding hydrogens is 376 g/mol. The molecular formula is C19H26N6O4. The van der Waals surface area contributed by atoms with Gasteiger partial charge in [0.05, 0.1) is 0 Å². The van der Waals surface area contributed by atoms with Gasteiger partial charge in [0.15, 0.2) is 6.10 Å². The van der Waals surface area contributed by atoms with E-state index in [1.807, 2.05) is 13.8 Å². The van der Waals surface area contributed by atoms with E-state index in [1.165, 1.54) is 13.3 Å². The van der Waals surface area contributed by atoms with E-state index in [-0.39, 0.29) is 18.2 Å². The van der Waals surface area contributed by atoms with Crippen LogP contribution in [0.1, 0.15) is 37.2 Å². The van der Waals surface area contributed by atoms with E-state index in [4.69, 9.17) is 4.74 Å². The van der Waals surface area contributed by atoms with Gasteiger partial charge in [-0.25, -0.2) is 9.50 Å². The highest BCUT2D eigenvalue weighted by molar-refractivity contribution is 5.84. The number of rotatable bonds is 5. The van der Waals surface area contributed by atoms with Crippen LogP contribution in [0.25, 0.3) is 5.78 Å². The molecule has 1 saturated heterocycles. The summed E-state index contributed by atoms with van der Waals surface area (Å²) in [6.45, 7) is 8.76. The van der Waals surface area contributed by atoms with Crippen LogP contribution in [0.3, 0.4) is 0 Å². The molecule has 1 aliphatic rings. The Bertz CT molecular complexity index is 932. The second-order valence-corrected chi connectivity index (χ2v) is 7.20. The van der Waals surface area contributed by atoms with E-state index in [2.05, 4.69) is 15.1 Å². The number of aryl methyl sites for hydroxylation is 2. The number of carbonyl (C=O) groups excluding carboxylic acids is 3. The molecule has 2 aromatic heterocycles. The molecule has 1 aliphatic heterocycles. The van der Waals surface area contributed by atoms with Gasteiger partial charge in [-0.2, -0.15) is 10.1 Å². The first-order valence-corrected chi connectivity index (χ1v) is 9.67. The Labute approximate surface area is 168 Å². The quantitative estimate of drug-likeness (QED) is 0.661. The van der Waals surface area contributed by atoms with Gasteiger partial charge in [-0.1, -0.05) is 0 Å². The number of amides is 2. The van der Waals surface area contributed by atoms with Crippen LogP contribution in [0, 0.1) is 13.8 Å². The van der Waals surface area contributed by atoms with Crippen molar-refractivity contribution >= 4 is 23.6 Å². The summed E-state index contributed by atoms with van der Waals surface area (Å²) in [7, 11) is 0. The van der Waals surface area contributed by atoms with E-state index in [0.29, 0.717) is 38.4 Å². The molecule has 10 heteroatoms. The Hall–Kier alpha value is -3.04. The van der Waals surface area contributed by atoms with Crippen molar-refractivity contribution in [2.75, 3.05) is 26.2 Å². The van der Waals surface area contributed by atoms with Gasteiger partial charge in [-0.05, 0) is 32.8 Å². The summed E-state index contributed by atoms with van der Waals surface area (Å²) >= 11 is 0. The Morgan fingerprint density at radius 1 is 1.14 bits per heavy atom. The number of ether oxygens (including phenoxy) is 1. The van der Waals surface area contributed by atoms with Gasteiger partial charge in [0.25, 0.3) is 11.7 Å². The van der Waals surface area contributed by atoms with Gasteiger partial charge in [-0.3, -0.25) is 14.4 Å². The highest BCUT2D eigenvalue weighted by atomic mass is 16.5. The number of piperazine rings is 1. The lowest BCUT2D eigenvalue weighted by atomic mass is 10.1. The van der Waals surface area contributed by atoms with E-state index >= 15 is 0 Å². The van der Waals surface area contributed by atoms with E-state index in [1.54, 1.807) is 21.2 Å². The standard InChI is InChI=1S/C19H26N6O4/c1-12-16(13(2)25-19(22-12)20-11-21-25)5-6-17(27)29-14(3)18(28)24-9-7-23(8-10-24)15(4)26/h11,14H,5-10H2,1-4H3. The average molecular weight is 402 g/mol. The highest BCUT2D eigenvalue weighted by Gasteiger charge is 2.27. The molecule has 156 valence electrons. The largest absolute Gasteiger partial charge is 0.453 e.